The molecule has 0 radical (unpaired) electrons. The molecule has 0 saturated heterocycles. The first-order valence-electron chi connectivity index (χ1n) is 3.53. The zero-order valence-electron chi connectivity index (χ0n) is 8.16. The van der Waals surface area contributed by atoms with E-state index in [1.54, 1.807) is 32.4 Å². The summed E-state index contributed by atoms with van der Waals surface area (Å²) in [6, 6.07) is 8.12. The van der Waals surface area contributed by atoms with Crippen molar-refractivity contribution in [3.05, 3.63) is 24.3 Å². The van der Waals surface area contributed by atoms with E-state index in [0.29, 0.717) is 5.75 Å². The van der Waals surface area contributed by atoms with Gasteiger partial charge in [0.15, 0.2) is 6.79 Å². The number of hydrogen-bond donors (Lipinski definition) is 0. The Morgan fingerprint density at radius 2 is 1.92 bits per heavy atom. The van der Waals surface area contributed by atoms with Gasteiger partial charge in [-0.3, -0.25) is 0 Å². The molecule has 0 bridgehead atoms. The summed E-state index contributed by atoms with van der Waals surface area (Å²) in [4.78, 5) is 0. The van der Waals surface area contributed by atoms with Crippen LogP contribution in [0.1, 0.15) is 0 Å². The van der Waals surface area contributed by atoms with Crippen LogP contribution in [0.2, 0.25) is 0 Å². The second kappa shape index (κ2) is 7.21. The smallest absolute Gasteiger partial charge is 0.554 e. The minimum Gasteiger partial charge on any atom is -0.554 e. The summed E-state index contributed by atoms with van der Waals surface area (Å²) in [5.41, 5.74) is 0. The zero-order valence-corrected chi connectivity index (χ0v) is 10.2. The molecule has 1 rings (SSSR count). The van der Waals surface area contributed by atoms with Crippen LogP contribution < -0.4 is 39.0 Å². The maximum Gasteiger partial charge on any atom is 1.00 e. The van der Waals surface area contributed by atoms with Crippen LogP contribution in [0.3, 0.4) is 0 Å². The van der Waals surface area contributed by atoms with Gasteiger partial charge >= 0.3 is 29.6 Å². The van der Waals surface area contributed by atoms with E-state index in [9.17, 15) is 0 Å². The second-order valence-corrected chi connectivity index (χ2v) is 2.16. The number of methoxy groups -OCH3 is 2. The Morgan fingerprint density at radius 3 is 2.54 bits per heavy atom. The molecule has 4 heteroatoms. The van der Waals surface area contributed by atoms with Gasteiger partial charge in [-0.25, -0.2) is 0 Å². The predicted molar refractivity (Wildman–Crippen MR) is 44.3 cm³/mol. The van der Waals surface area contributed by atoms with E-state index in [1.807, 2.05) is 0 Å². The van der Waals surface area contributed by atoms with E-state index in [1.165, 1.54) is 0 Å². The van der Waals surface area contributed by atoms with E-state index in [-0.39, 0.29) is 36.4 Å². The second-order valence-electron chi connectivity index (χ2n) is 2.16. The fourth-order valence-electron chi connectivity index (χ4n) is 0.758. The summed E-state index contributed by atoms with van der Waals surface area (Å²) >= 11 is 0. The molecule has 0 spiro atoms. The summed E-state index contributed by atoms with van der Waals surface area (Å²) < 4.78 is 14.9. The van der Waals surface area contributed by atoms with Crippen molar-refractivity contribution in [2.45, 2.75) is 0 Å². The summed E-state index contributed by atoms with van der Waals surface area (Å²) in [5.74, 6) is 1.42. The van der Waals surface area contributed by atoms with E-state index in [2.05, 4.69) is 6.07 Å². The molecule has 0 aliphatic heterocycles. The zero-order chi connectivity index (χ0) is 8.81. The molecular formula is C9H11NaO3. The van der Waals surface area contributed by atoms with Gasteiger partial charge < -0.3 is 14.2 Å². The Labute approximate surface area is 100 Å². The number of benzene rings is 1. The Hall–Kier alpha value is -0.220. The molecule has 0 amide bonds. The van der Waals surface area contributed by atoms with Gasteiger partial charge in [-0.05, 0) is 0 Å². The van der Waals surface area contributed by atoms with E-state index in [4.69, 9.17) is 14.2 Å². The van der Waals surface area contributed by atoms with Gasteiger partial charge in [-0.2, -0.15) is 6.07 Å². The Kier molecular flexibility index (Phi) is 7.09. The van der Waals surface area contributed by atoms with Crippen LogP contribution in [0.25, 0.3) is 0 Å². The van der Waals surface area contributed by atoms with Crippen molar-refractivity contribution >= 4 is 0 Å². The van der Waals surface area contributed by atoms with Crippen molar-refractivity contribution in [2.24, 2.45) is 0 Å². The Morgan fingerprint density at radius 1 is 1.23 bits per heavy atom. The van der Waals surface area contributed by atoms with Crippen LogP contribution in [0.4, 0.5) is 0 Å². The first-order valence-corrected chi connectivity index (χ1v) is 3.53. The van der Waals surface area contributed by atoms with Crippen LogP contribution in [-0.2, 0) is 4.74 Å². The summed E-state index contributed by atoms with van der Waals surface area (Å²) in [6.07, 6.45) is 0. The van der Waals surface area contributed by atoms with Crippen LogP contribution in [0.5, 0.6) is 11.5 Å². The largest absolute Gasteiger partial charge is 1.00 e. The van der Waals surface area contributed by atoms with Crippen LogP contribution in [0, 0.1) is 6.07 Å². The van der Waals surface area contributed by atoms with Crippen molar-refractivity contribution in [1.29, 1.82) is 0 Å². The third-order valence-corrected chi connectivity index (χ3v) is 1.31. The fourth-order valence-corrected chi connectivity index (χ4v) is 0.758. The number of ether oxygens (including phenoxy) is 3. The Bertz CT molecular complexity index is 240. The normalized spacial score (nSPS) is 8.77. The average Bonchev–Trinajstić information content (AvgIpc) is 2.15. The van der Waals surface area contributed by atoms with Crippen molar-refractivity contribution in [1.82, 2.24) is 0 Å². The van der Waals surface area contributed by atoms with Gasteiger partial charge in [0.2, 0.25) is 0 Å². The summed E-state index contributed by atoms with van der Waals surface area (Å²) in [6.45, 7) is 0.237. The van der Waals surface area contributed by atoms with Gasteiger partial charge in [0, 0.05) is 18.6 Å². The standard InChI is InChI=1S/C9H11O3.Na/c1-10-7-12-9-5-3-4-8(6-9)11-2;/h4-6H,7H2,1-2H3;/q-1;+1. The van der Waals surface area contributed by atoms with Gasteiger partial charge in [-0.1, -0.05) is 6.07 Å². The van der Waals surface area contributed by atoms with Crippen molar-refractivity contribution in [2.75, 3.05) is 21.0 Å². The monoisotopic (exact) mass is 190 g/mol. The van der Waals surface area contributed by atoms with Crippen molar-refractivity contribution in [3.8, 4) is 11.5 Å². The van der Waals surface area contributed by atoms with Gasteiger partial charge in [0.1, 0.15) is 0 Å². The molecular weight excluding hydrogens is 179 g/mol. The predicted octanol–water partition coefficient (Wildman–Crippen LogP) is -1.52. The topological polar surface area (TPSA) is 27.7 Å². The van der Waals surface area contributed by atoms with Gasteiger partial charge in [0.25, 0.3) is 0 Å². The molecule has 0 aromatic heterocycles. The third kappa shape index (κ3) is 4.52. The molecule has 0 saturated carbocycles. The van der Waals surface area contributed by atoms with E-state index in [0.717, 1.165) is 5.75 Å². The average molecular weight is 190 g/mol. The molecule has 13 heavy (non-hydrogen) atoms. The quantitative estimate of drug-likeness (QED) is 0.328. The number of rotatable bonds is 4. The maximum atomic E-state index is 5.16. The summed E-state index contributed by atoms with van der Waals surface area (Å²) in [5, 5.41) is 0. The van der Waals surface area contributed by atoms with Gasteiger partial charge in [-0.15, -0.1) is 12.1 Å². The molecule has 0 aliphatic rings. The first-order chi connectivity index (χ1) is 5.86. The third-order valence-electron chi connectivity index (χ3n) is 1.31. The fraction of sp³-hybridized carbons (Fsp3) is 0.333. The van der Waals surface area contributed by atoms with Crippen LogP contribution in [0.15, 0.2) is 18.2 Å². The SMILES string of the molecule is COCOc1c[c-]cc(OC)c1.[Na+]. The summed E-state index contributed by atoms with van der Waals surface area (Å²) in [7, 11) is 3.17. The molecule has 0 aliphatic carbocycles. The van der Waals surface area contributed by atoms with E-state index >= 15 is 0 Å². The van der Waals surface area contributed by atoms with Gasteiger partial charge in [0.05, 0.1) is 7.11 Å². The van der Waals surface area contributed by atoms with Crippen LogP contribution >= 0.6 is 0 Å². The maximum absolute atomic E-state index is 5.16. The molecule has 1 aromatic carbocycles. The molecule has 66 valence electrons. The molecule has 0 fully saturated rings. The van der Waals surface area contributed by atoms with Crippen LogP contribution in [-0.4, -0.2) is 21.0 Å². The number of hydrogen-bond acceptors (Lipinski definition) is 3. The molecule has 0 atom stereocenters. The molecule has 0 unspecified atom stereocenters. The minimum atomic E-state index is 0. The van der Waals surface area contributed by atoms with Crippen molar-refractivity contribution < 1.29 is 43.8 Å². The van der Waals surface area contributed by atoms with Crippen molar-refractivity contribution in [3.63, 3.8) is 0 Å². The molecule has 0 N–H and O–H groups in total. The molecule has 0 heterocycles. The first kappa shape index (κ1) is 12.8. The molecule has 1 aromatic rings. The molecule has 3 nitrogen and oxygen atoms in total. The Balaban J connectivity index is 0.00000144. The van der Waals surface area contributed by atoms with E-state index < -0.39 is 0 Å². The minimum absolute atomic E-state index is 0.